The second-order valence-corrected chi connectivity index (χ2v) is 8.18. The summed E-state index contributed by atoms with van der Waals surface area (Å²) in [6.07, 6.45) is 2.07. The third-order valence-electron chi connectivity index (χ3n) is 3.19. The van der Waals surface area contributed by atoms with Gasteiger partial charge in [-0.1, -0.05) is 6.92 Å². The van der Waals surface area contributed by atoms with Crippen LogP contribution in [-0.4, -0.2) is 43.6 Å². The second kappa shape index (κ2) is 7.49. The predicted molar refractivity (Wildman–Crippen MR) is 84.7 cm³/mol. The smallest absolute Gasteiger partial charge is 0.211 e. The minimum Gasteiger partial charge on any atom is -0.309 e. The van der Waals surface area contributed by atoms with Crippen molar-refractivity contribution in [2.75, 3.05) is 25.9 Å². The Morgan fingerprint density at radius 2 is 2.05 bits per heavy atom. The lowest BCUT2D eigenvalue weighted by Crippen LogP contribution is -2.32. The van der Waals surface area contributed by atoms with Gasteiger partial charge in [-0.05, 0) is 33.7 Å². The summed E-state index contributed by atoms with van der Waals surface area (Å²) in [5.41, 5.74) is 1.08. The van der Waals surface area contributed by atoms with Crippen molar-refractivity contribution >= 4 is 21.4 Å². The molecule has 0 fully saturated rings. The Balaban J connectivity index is 2.39. The van der Waals surface area contributed by atoms with Crippen molar-refractivity contribution in [3.63, 3.8) is 0 Å². The van der Waals surface area contributed by atoms with Gasteiger partial charge in [0.2, 0.25) is 10.0 Å². The molecule has 7 heteroatoms. The van der Waals surface area contributed by atoms with Crippen molar-refractivity contribution in [3.8, 4) is 0 Å². The van der Waals surface area contributed by atoms with Gasteiger partial charge in [0.1, 0.15) is 0 Å². The summed E-state index contributed by atoms with van der Waals surface area (Å²) in [6, 6.07) is 0.259. The molecule has 20 heavy (non-hydrogen) atoms. The van der Waals surface area contributed by atoms with Gasteiger partial charge in [-0.3, -0.25) is 0 Å². The van der Waals surface area contributed by atoms with Crippen molar-refractivity contribution in [1.29, 1.82) is 0 Å². The predicted octanol–water partition coefficient (Wildman–Crippen LogP) is 2.08. The number of aromatic nitrogens is 1. The second-order valence-electron chi connectivity index (χ2n) is 4.97. The molecule has 0 saturated heterocycles. The van der Waals surface area contributed by atoms with Crippen LogP contribution >= 0.6 is 11.3 Å². The highest BCUT2D eigenvalue weighted by molar-refractivity contribution is 7.88. The number of nitrogens with zero attached hydrogens (tertiary/aromatic N) is 2. The lowest BCUT2D eigenvalue weighted by atomic mass is 10.2. The molecule has 1 N–H and O–H groups in total. The van der Waals surface area contributed by atoms with E-state index in [2.05, 4.69) is 17.2 Å². The van der Waals surface area contributed by atoms with Crippen LogP contribution in [0.4, 0.5) is 0 Å². The first-order chi connectivity index (χ1) is 9.25. The average molecular weight is 319 g/mol. The molecule has 0 bridgehead atoms. The summed E-state index contributed by atoms with van der Waals surface area (Å²) in [7, 11) is -3.07. The number of sulfonamides is 1. The van der Waals surface area contributed by atoms with Gasteiger partial charge >= 0.3 is 0 Å². The third-order valence-corrected chi connectivity index (χ3v) is 5.82. The van der Waals surface area contributed by atoms with Crippen LogP contribution in [0.3, 0.4) is 0 Å². The summed E-state index contributed by atoms with van der Waals surface area (Å²) >= 11 is 1.72. The molecule has 1 heterocycles. The molecule has 0 aliphatic rings. The Labute approximate surface area is 126 Å². The Morgan fingerprint density at radius 1 is 1.40 bits per heavy atom. The molecule has 0 spiro atoms. The molecule has 1 rings (SSSR count). The maximum absolute atomic E-state index is 11.5. The van der Waals surface area contributed by atoms with Crippen LogP contribution in [0, 0.1) is 13.8 Å². The van der Waals surface area contributed by atoms with E-state index in [1.165, 1.54) is 15.4 Å². The van der Waals surface area contributed by atoms with E-state index in [4.69, 9.17) is 0 Å². The van der Waals surface area contributed by atoms with Crippen molar-refractivity contribution in [1.82, 2.24) is 14.6 Å². The van der Waals surface area contributed by atoms with Crippen LogP contribution in [0.1, 0.15) is 41.9 Å². The first kappa shape index (κ1) is 17.6. The summed E-state index contributed by atoms with van der Waals surface area (Å²) in [4.78, 5) is 5.69. The highest BCUT2D eigenvalue weighted by Gasteiger charge is 2.15. The van der Waals surface area contributed by atoms with Crippen LogP contribution < -0.4 is 5.32 Å². The molecule has 116 valence electrons. The van der Waals surface area contributed by atoms with Crippen LogP contribution in [0.25, 0.3) is 0 Å². The molecular formula is C13H25N3O2S2. The Hall–Kier alpha value is -0.500. The zero-order valence-corrected chi connectivity index (χ0v) is 14.6. The quantitative estimate of drug-likeness (QED) is 0.745. The fourth-order valence-corrected chi connectivity index (χ4v) is 4.06. The lowest BCUT2D eigenvalue weighted by molar-refractivity contribution is 0.414. The van der Waals surface area contributed by atoms with E-state index in [1.807, 2.05) is 20.8 Å². The van der Waals surface area contributed by atoms with Crippen LogP contribution in [0.2, 0.25) is 0 Å². The number of aryl methyl sites for hydroxylation is 2. The molecule has 1 unspecified atom stereocenters. The van der Waals surface area contributed by atoms with Gasteiger partial charge in [-0.25, -0.2) is 17.7 Å². The van der Waals surface area contributed by atoms with Gasteiger partial charge in [-0.2, -0.15) is 0 Å². The molecule has 1 aromatic rings. The highest BCUT2D eigenvalue weighted by Crippen LogP contribution is 2.24. The molecule has 0 radical (unpaired) electrons. The maximum atomic E-state index is 11.5. The molecule has 0 aliphatic carbocycles. The van der Waals surface area contributed by atoms with E-state index in [0.29, 0.717) is 13.1 Å². The number of rotatable bonds is 8. The normalized spacial score (nSPS) is 13.9. The lowest BCUT2D eigenvalue weighted by Gasteiger charge is -2.18. The molecule has 0 amide bonds. The third kappa shape index (κ3) is 5.12. The van der Waals surface area contributed by atoms with Crippen LogP contribution in [0.15, 0.2) is 0 Å². The topological polar surface area (TPSA) is 62.3 Å². The standard InChI is InChI=1S/C13H25N3O2S2/c1-6-16(20(5,17)18)9-7-8-14-10(2)13-11(3)15-12(4)19-13/h10,14H,6-9H2,1-5H3. The van der Waals surface area contributed by atoms with E-state index in [9.17, 15) is 8.42 Å². The van der Waals surface area contributed by atoms with Crippen LogP contribution in [-0.2, 0) is 10.0 Å². The van der Waals surface area contributed by atoms with Gasteiger partial charge in [0.25, 0.3) is 0 Å². The molecular weight excluding hydrogens is 294 g/mol. The molecule has 0 aromatic carbocycles. The first-order valence-corrected chi connectivity index (χ1v) is 9.54. The van der Waals surface area contributed by atoms with Crippen molar-refractivity contribution in [2.24, 2.45) is 0 Å². The maximum Gasteiger partial charge on any atom is 0.211 e. The Bertz CT molecular complexity index is 526. The fraction of sp³-hybridized carbons (Fsp3) is 0.769. The summed E-state index contributed by atoms with van der Waals surface area (Å²) in [6.45, 7) is 9.91. The van der Waals surface area contributed by atoms with Crippen LogP contribution in [0.5, 0.6) is 0 Å². The molecule has 1 aromatic heterocycles. The number of nitrogens with one attached hydrogen (secondary N) is 1. The van der Waals surface area contributed by atoms with Crippen molar-refractivity contribution in [3.05, 3.63) is 15.6 Å². The molecule has 0 saturated carbocycles. The zero-order chi connectivity index (χ0) is 15.3. The van der Waals surface area contributed by atoms with Gasteiger partial charge in [0.05, 0.1) is 17.0 Å². The molecule has 5 nitrogen and oxygen atoms in total. The minimum atomic E-state index is -3.07. The number of hydrogen-bond acceptors (Lipinski definition) is 5. The largest absolute Gasteiger partial charge is 0.309 e. The van der Waals surface area contributed by atoms with Gasteiger partial charge < -0.3 is 5.32 Å². The van der Waals surface area contributed by atoms with Gasteiger partial charge in [-0.15, -0.1) is 11.3 Å². The van der Waals surface area contributed by atoms with E-state index in [-0.39, 0.29) is 6.04 Å². The van der Waals surface area contributed by atoms with Gasteiger partial charge in [0, 0.05) is 24.0 Å². The van der Waals surface area contributed by atoms with E-state index in [0.717, 1.165) is 23.7 Å². The van der Waals surface area contributed by atoms with Crippen molar-refractivity contribution < 1.29 is 8.42 Å². The SMILES string of the molecule is CCN(CCCNC(C)c1sc(C)nc1C)S(C)(=O)=O. The summed E-state index contributed by atoms with van der Waals surface area (Å²) < 4.78 is 24.4. The Kier molecular flexibility index (Phi) is 6.57. The molecule has 1 atom stereocenters. The molecule has 0 aliphatic heterocycles. The van der Waals surface area contributed by atoms with Gasteiger partial charge in [0.15, 0.2) is 0 Å². The van der Waals surface area contributed by atoms with Crippen molar-refractivity contribution in [2.45, 2.75) is 40.2 Å². The Morgan fingerprint density at radius 3 is 2.50 bits per heavy atom. The highest BCUT2D eigenvalue weighted by atomic mass is 32.2. The first-order valence-electron chi connectivity index (χ1n) is 6.88. The van der Waals surface area contributed by atoms with E-state index < -0.39 is 10.0 Å². The average Bonchev–Trinajstić information content (AvgIpc) is 2.66. The minimum absolute atomic E-state index is 0.259. The number of hydrogen-bond donors (Lipinski definition) is 1. The fourth-order valence-electron chi connectivity index (χ4n) is 2.17. The summed E-state index contributed by atoms with van der Waals surface area (Å²) in [5.74, 6) is 0. The van der Waals surface area contributed by atoms with E-state index >= 15 is 0 Å². The van der Waals surface area contributed by atoms with E-state index in [1.54, 1.807) is 11.3 Å². The summed E-state index contributed by atoms with van der Waals surface area (Å²) in [5, 5.41) is 4.52. The monoisotopic (exact) mass is 319 g/mol. The zero-order valence-electron chi connectivity index (χ0n) is 12.9. The number of thiazole rings is 1.